The minimum atomic E-state index is 0.492. The Hall–Kier alpha value is -0.160. The van der Waals surface area contributed by atoms with Crippen LogP contribution in [0, 0.1) is 5.92 Å². The molecule has 0 atom stereocenters. The number of nitrogens with two attached hydrogens (primary N) is 1. The van der Waals surface area contributed by atoms with Gasteiger partial charge in [-0.05, 0) is 32.9 Å². The first-order valence-electron chi connectivity index (χ1n) is 6.98. The predicted octanol–water partition coefficient (Wildman–Crippen LogP) is -0.0971. The van der Waals surface area contributed by atoms with Gasteiger partial charge >= 0.3 is 0 Å². The topological polar surface area (TPSA) is 35.7 Å². The van der Waals surface area contributed by atoms with Crippen molar-refractivity contribution in [2.24, 2.45) is 11.7 Å². The summed E-state index contributed by atoms with van der Waals surface area (Å²) < 4.78 is 0. The maximum Gasteiger partial charge on any atom is 0.0110 e. The van der Waals surface area contributed by atoms with Gasteiger partial charge in [0.05, 0.1) is 0 Å². The van der Waals surface area contributed by atoms with Gasteiger partial charge in [0.25, 0.3) is 0 Å². The number of piperazine rings is 1. The summed E-state index contributed by atoms with van der Waals surface area (Å²) in [7, 11) is 4.46. The molecule has 1 heterocycles. The van der Waals surface area contributed by atoms with Crippen molar-refractivity contribution in [3.63, 3.8) is 0 Å². The largest absolute Gasteiger partial charge is 0.328 e. The van der Waals surface area contributed by atoms with Gasteiger partial charge < -0.3 is 15.5 Å². The average Bonchev–Trinajstić information content (AvgIpc) is 2.26. The van der Waals surface area contributed by atoms with E-state index in [-0.39, 0.29) is 0 Å². The van der Waals surface area contributed by atoms with Crippen LogP contribution in [0.25, 0.3) is 0 Å². The molecule has 0 aromatic rings. The Morgan fingerprint density at radius 3 is 2.41 bits per heavy atom. The zero-order valence-corrected chi connectivity index (χ0v) is 11.4. The molecule has 1 aliphatic heterocycles. The van der Waals surface area contributed by atoms with Gasteiger partial charge in [-0.2, -0.15) is 0 Å². The lowest BCUT2D eigenvalue weighted by Gasteiger charge is -2.37. The summed E-state index contributed by atoms with van der Waals surface area (Å²) in [5.41, 5.74) is 5.82. The van der Waals surface area contributed by atoms with Crippen molar-refractivity contribution >= 4 is 0 Å². The molecule has 2 rings (SSSR count). The van der Waals surface area contributed by atoms with E-state index in [0.717, 1.165) is 5.92 Å². The molecule has 100 valence electrons. The van der Waals surface area contributed by atoms with Crippen LogP contribution in [0.15, 0.2) is 0 Å². The SMILES string of the molecule is CN1CCN(CCN(C)CC2CC(N)C2)CC1. The first-order valence-corrected chi connectivity index (χ1v) is 6.98. The highest BCUT2D eigenvalue weighted by atomic mass is 15.3. The molecule has 0 radical (unpaired) electrons. The van der Waals surface area contributed by atoms with Crippen LogP contribution >= 0.6 is 0 Å². The molecule has 0 bridgehead atoms. The van der Waals surface area contributed by atoms with Gasteiger partial charge in [-0.3, -0.25) is 4.90 Å². The van der Waals surface area contributed by atoms with Crippen LogP contribution in [0.4, 0.5) is 0 Å². The number of hydrogen-bond donors (Lipinski definition) is 1. The Morgan fingerprint density at radius 2 is 1.82 bits per heavy atom. The fourth-order valence-corrected chi connectivity index (χ4v) is 2.85. The Labute approximate surface area is 106 Å². The Kier molecular flexibility index (Phi) is 4.79. The Morgan fingerprint density at radius 1 is 1.18 bits per heavy atom. The summed E-state index contributed by atoms with van der Waals surface area (Å²) in [6.07, 6.45) is 2.47. The third-order valence-corrected chi connectivity index (χ3v) is 4.24. The average molecular weight is 240 g/mol. The number of likely N-dealkylation sites (N-methyl/N-ethyl adjacent to an activating group) is 2. The summed E-state index contributed by atoms with van der Waals surface area (Å²) in [6, 6.07) is 0.492. The smallest absolute Gasteiger partial charge is 0.0110 e. The van der Waals surface area contributed by atoms with Crippen LogP contribution in [-0.4, -0.2) is 80.7 Å². The van der Waals surface area contributed by atoms with Crippen LogP contribution in [0.2, 0.25) is 0 Å². The molecule has 1 aliphatic carbocycles. The zero-order valence-electron chi connectivity index (χ0n) is 11.4. The third kappa shape index (κ3) is 4.21. The summed E-state index contributed by atoms with van der Waals surface area (Å²) in [6.45, 7) is 8.58. The minimum absolute atomic E-state index is 0.492. The van der Waals surface area contributed by atoms with Gasteiger partial charge in [-0.25, -0.2) is 0 Å². The molecule has 0 unspecified atom stereocenters. The molecule has 2 N–H and O–H groups in total. The summed E-state index contributed by atoms with van der Waals surface area (Å²) >= 11 is 0. The molecule has 0 aromatic heterocycles. The van der Waals surface area contributed by atoms with Crippen LogP contribution < -0.4 is 5.73 Å². The van der Waals surface area contributed by atoms with E-state index >= 15 is 0 Å². The number of hydrogen-bond acceptors (Lipinski definition) is 4. The Balaban J connectivity index is 1.55. The highest BCUT2D eigenvalue weighted by Crippen LogP contribution is 2.25. The van der Waals surface area contributed by atoms with Crippen LogP contribution in [0.5, 0.6) is 0 Å². The molecule has 1 saturated heterocycles. The monoisotopic (exact) mass is 240 g/mol. The quantitative estimate of drug-likeness (QED) is 0.728. The standard InChI is InChI=1S/C13H28N4/c1-15-3-6-17(7-4-15)8-5-16(2)11-12-9-13(14)10-12/h12-13H,3-11,14H2,1-2H3. The highest BCUT2D eigenvalue weighted by molar-refractivity contribution is 4.83. The molecule has 4 heteroatoms. The second-order valence-corrected chi connectivity index (χ2v) is 6.00. The van der Waals surface area contributed by atoms with Crippen molar-refractivity contribution in [2.45, 2.75) is 18.9 Å². The van der Waals surface area contributed by atoms with Gasteiger partial charge in [-0.1, -0.05) is 0 Å². The van der Waals surface area contributed by atoms with Crippen molar-refractivity contribution in [1.29, 1.82) is 0 Å². The fraction of sp³-hybridized carbons (Fsp3) is 1.00. The fourth-order valence-electron chi connectivity index (χ4n) is 2.85. The first-order chi connectivity index (χ1) is 8.13. The van der Waals surface area contributed by atoms with Crippen molar-refractivity contribution < 1.29 is 0 Å². The van der Waals surface area contributed by atoms with Crippen molar-refractivity contribution in [3.8, 4) is 0 Å². The van der Waals surface area contributed by atoms with E-state index in [1.165, 1.54) is 58.7 Å². The molecular formula is C13H28N4. The predicted molar refractivity (Wildman–Crippen MR) is 72.1 cm³/mol. The maximum absolute atomic E-state index is 5.82. The second-order valence-electron chi connectivity index (χ2n) is 6.00. The van der Waals surface area contributed by atoms with E-state index in [2.05, 4.69) is 28.8 Å². The molecule has 0 amide bonds. The molecule has 1 saturated carbocycles. The van der Waals surface area contributed by atoms with Gasteiger partial charge in [0.2, 0.25) is 0 Å². The summed E-state index contributed by atoms with van der Waals surface area (Å²) in [5.74, 6) is 0.863. The second kappa shape index (κ2) is 6.14. The normalized spacial score (nSPS) is 31.8. The molecule has 0 aromatic carbocycles. The highest BCUT2D eigenvalue weighted by Gasteiger charge is 2.26. The van der Waals surface area contributed by atoms with Crippen LogP contribution in [0.3, 0.4) is 0 Å². The first kappa shape index (κ1) is 13.3. The van der Waals surface area contributed by atoms with Crippen LogP contribution in [0.1, 0.15) is 12.8 Å². The lowest BCUT2D eigenvalue weighted by atomic mass is 9.81. The lowest BCUT2D eigenvalue weighted by molar-refractivity contribution is 0.127. The molecule has 17 heavy (non-hydrogen) atoms. The van der Waals surface area contributed by atoms with E-state index in [1.54, 1.807) is 0 Å². The van der Waals surface area contributed by atoms with Crippen LogP contribution in [-0.2, 0) is 0 Å². The number of rotatable bonds is 5. The van der Waals surface area contributed by atoms with Gasteiger partial charge in [0.15, 0.2) is 0 Å². The van der Waals surface area contributed by atoms with Crippen molar-refractivity contribution in [1.82, 2.24) is 14.7 Å². The van der Waals surface area contributed by atoms with E-state index in [1.807, 2.05) is 0 Å². The van der Waals surface area contributed by atoms with Gasteiger partial charge in [0, 0.05) is 51.9 Å². The van der Waals surface area contributed by atoms with Crippen molar-refractivity contribution in [2.75, 3.05) is 59.9 Å². The van der Waals surface area contributed by atoms with Gasteiger partial charge in [0.1, 0.15) is 0 Å². The zero-order chi connectivity index (χ0) is 12.3. The molecule has 2 fully saturated rings. The summed E-state index contributed by atoms with van der Waals surface area (Å²) in [5, 5.41) is 0. The maximum atomic E-state index is 5.82. The molecule has 0 spiro atoms. The van der Waals surface area contributed by atoms with E-state index in [0.29, 0.717) is 6.04 Å². The van der Waals surface area contributed by atoms with E-state index in [9.17, 15) is 0 Å². The van der Waals surface area contributed by atoms with E-state index < -0.39 is 0 Å². The Bertz CT molecular complexity index is 219. The van der Waals surface area contributed by atoms with Gasteiger partial charge in [-0.15, -0.1) is 0 Å². The number of nitrogens with zero attached hydrogens (tertiary/aromatic N) is 3. The third-order valence-electron chi connectivity index (χ3n) is 4.24. The van der Waals surface area contributed by atoms with E-state index in [4.69, 9.17) is 5.73 Å². The lowest BCUT2D eigenvalue weighted by Crippen LogP contribution is -2.47. The van der Waals surface area contributed by atoms with Crippen molar-refractivity contribution in [3.05, 3.63) is 0 Å². The molecule has 4 nitrogen and oxygen atoms in total. The summed E-state index contributed by atoms with van der Waals surface area (Å²) in [4.78, 5) is 7.48. The molecule has 2 aliphatic rings. The minimum Gasteiger partial charge on any atom is -0.328 e. The molecular weight excluding hydrogens is 212 g/mol.